The monoisotopic (exact) mass is 329 g/mol. The molecule has 0 aliphatic rings. The van der Waals surface area contributed by atoms with Gasteiger partial charge in [-0.05, 0) is 30.0 Å². The summed E-state index contributed by atoms with van der Waals surface area (Å²) in [5.41, 5.74) is 0.991. The fourth-order valence-corrected chi connectivity index (χ4v) is 4.05. The van der Waals surface area contributed by atoms with Crippen LogP contribution >= 0.6 is 11.3 Å². The Labute approximate surface area is 128 Å². The summed E-state index contributed by atoms with van der Waals surface area (Å²) in [6, 6.07) is 1.72. The largest absolute Gasteiger partial charge is 0.313 e. The molecule has 2 rings (SSSR count). The van der Waals surface area contributed by atoms with Crippen LogP contribution in [0, 0.1) is 0 Å². The van der Waals surface area contributed by atoms with Crippen molar-refractivity contribution in [2.24, 2.45) is 0 Å². The van der Waals surface area contributed by atoms with E-state index in [-0.39, 0.29) is 0 Å². The molecule has 0 aromatic carbocycles. The third kappa shape index (κ3) is 4.88. The first-order chi connectivity index (χ1) is 10.1. The molecule has 116 valence electrons. The van der Waals surface area contributed by atoms with E-state index in [1.165, 1.54) is 11.3 Å². The summed E-state index contributed by atoms with van der Waals surface area (Å²) >= 11 is 1.24. The van der Waals surface area contributed by atoms with Gasteiger partial charge in [0.1, 0.15) is 4.21 Å². The van der Waals surface area contributed by atoms with E-state index in [1.54, 1.807) is 23.1 Å². The smallest absolute Gasteiger partial charge is 0.250 e. The van der Waals surface area contributed by atoms with Crippen LogP contribution in [0.5, 0.6) is 0 Å². The quantitative estimate of drug-likeness (QED) is 0.665. The van der Waals surface area contributed by atoms with E-state index in [4.69, 9.17) is 0 Å². The first kappa shape index (κ1) is 16.1. The molecule has 2 aromatic heterocycles. The maximum Gasteiger partial charge on any atom is 0.250 e. The van der Waals surface area contributed by atoms with Crippen LogP contribution in [0.1, 0.15) is 18.9 Å². The van der Waals surface area contributed by atoms with Crippen molar-refractivity contribution < 1.29 is 8.42 Å². The zero-order valence-corrected chi connectivity index (χ0v) is 13.5. The molecule has 2 N–H and O–H groups in total. The van der Waals surface area contributed by atoms with Crippen molar-refractivity contribution in [1.82, 2.24) is 25.0 Å². The van der Waals surface area contributed by atoms with E-state index >= 15 is 0 Å². The lowest BCUT2D eigenvalue weighted by molar-refractivity contribution is 0.543. The van der Waals surface area contributed by atoms with Crippen molar-refractivity contribution >= 4 is 21.4 Å². The third-order valence-corrected chi connectivity index (χ3v) is 5.75. The first-order valence-electron chi connectivity index (χ1n) is 6.73. The molecule has 2 aromatic rings. The molecule has 0 bridgehead atoms. The molecule has 0 aliphatic heterocycles. The lowest BCUT2D eigenvalue weighted by Gasteiger charge is -2.04. The van der Waals surface area contributed by atoms with Crippen LogP contribution in [-0.2, 0) is 23.1 Å². The van der Waals surface area contributed by atoms with E-state index in [0.29, 0.717) is 30.3 Å². The van der Waals surface area contributed by atoms with Crippen LogP contribution < -0.4 is 10.0 Å². The minimum atomic E-state index is -3.41. The summed E-state index contributed by atoms with van der Waals surface area (Å²) in [4.78, 5) is 0. The van der Waals surface area contributed by atoms with Crippen LogP contribution in [0.4, 0.5) is 0 Å². The van der Waals surface area contributed by atoms with E-state index in [0.717, 1.165) is 12.1 Å². The molecule has 7 nitrogen and oxygen atoms in total. The number of aromatic nitrogens is 3. The lowest BCUT2D eigenvalue weighted by Crippen LogP contribution is -2.25. The highest BCUT2D eigenvalue weighted by molar-refractivity contribution is 7.91. The average molecular weight is 329 g/mol. The molecule has 0 fully saturated rings. The highest BCUT2D eigenvalue weighted by atomic mass is 32.2. The Kier molecular flexibility index (Phi) is 5.85. The minimum absolute atomic E-state index is 0.358. The summed E-state index contributed by atoms with van der Waals surface area (Å²) in [5.74, 6) is 0. The molecular formula is C12H19N5O2S2. The molecule has 0 aliphatic carbocycles. The maximum atomic E-state index is 12.1. The summed E-state index contributed by atoms with van der Waals surface area (Å²) in [6.45, 7) is 4.58. The molecule has 0 radical (unpaired) electrons. The SMILES string of the molecule is CCNCc1csc(S(=O)(=O)NCCCn2ccnn2)c1. The zero-order valence-electron chi connectivity index (χ0n) is 11.8. The number of sulfonamides is 1. The van der Waals surface area contributed by atoms with Crippen LogP contribution in [-0.4, -0.2) is 36.5 Å². The van der Waals surface area contributed by atoms with Crippen molar-refractivity contribution in [3.05, 3.63) is 29.4 Å². The number of nitrogens with one attached hydrogen (secondary N) is 2. The number of aryl methyl sites for hydroxylation is 1. The Morgan fingerprint density at radius 1 is 1.43 bits per heavy atom. The van der Waals surface area contributed by atoms with E-state index in [9.17, 15) is 8.42 Å². The Morgan fingerprint density at radius 3 is 3.00 bits per heavy atom. The fraction of sp³-hybridized carbons (Fsp3) is 0.500. The molecule has 0 saturated carbocycles. The standard InChI is InChI=1S/C12H19N5O2S2/c1-2-13-9-11-8-12(20-10-11)21(18,19)15-4-3-6-17-7-5-14-16-17/h5,7-8,10,13,15H,2-4,6,9H2,1H3. The Hall–Kier alpha value is -1.29. The third-order valence-electron chi connectivity index (χ3n) is 2.80. The van der Waals surface area contributed by atoms with Gasteiger partial charge in [0, 0.05) is 25.8 Å². The zero-order chi connectivity index (χ0) is 15.1. The van der Waals surface area contributed by atoms with Crippen LogP contribution in [0.2, 0.25) is 0 Å². The molecule has 2 heterocycles. The first-order valence-corrected chi connectivity index (χ1v) is 9.10. The van der Waals surface area contributed by atoms with E-state index < -0.39 is 10.0 Å². The van der Waals surface area contributed by atoms with Gasteiger partial charge in [0.25, 0.3) is 0 Å². The number of hydrogen-bond acceptors (Lipinski definition) is 6. The second-order valence-electron chi connectivity index (χ2n) is 4.47. The van der Waals surface area contributed by atoms with Crippen molar-refractivity contribution in [3.63, 3.8) is 0 Å². The summed E-state index contributed by atoms with van der Waals surface area (Å²) in [7, 11) is -3.41. The molecule has 21 heavy (non-hydrogen) atoms. The highest BCUT2D eigenvalue weighted by Crippen LogP contribution is 2.19. The summed E-state index contributed by atoms with van der Waals surface area (Å²) < 4.78 is 28.9. The summed E-state index contributed by atoms with van der Waals surface area (Å²) in [5, 5.41) is 12.6. The Bertz CT molecular complexity index is 636. The van der Waals surface area contributed by atoms with Crippen molar-refractivity contribution in [3.8, 4) is 0 Å². The van der Waals surface area contributed by atoms with E-state index in [1.807, 2.05) is 12.3 Å². The Morgan fingerprint density at radius 2 is 2.29 bits per heavy atom. The molecule has 0 spiro atoms. The van der Waals surface area contributed by atoms with Gasteiger partial charge >= 0.3 is 0 Å². The Balaban J connectivity index is 1.82. The average Bonchev–Trinajstić information content (AvgIpc) is 3.13. The van der Waals surface area contributed by atoms with Gasteiger partial charge in [-0.1, -0.05) is 12.1 Å². The van der Waals surface area contributed by atoms with E-state index in [2.05, 4.69) is 20.4 Å². The second kappa shape index (κ2) is 7.64. The van der Waals surface area contributed by atoms with Gasteiger partial charge in [0.2, 0.25) is 10.0 Å². The van der Waals surface area contributed by atoms with Crippen molar-refractivity contribution in [2.45, 2.75) is 30.6 Å². The predicted molar refractivity (Wildman–Crippen MR) is 81.5 cm³/mol. The normalized spacial score (nSPS) is 11.9. The maximum absolute atomic E-state index is 12.1. The number of thiophene rings is 1. The van der Waals surface area contributed by atoms with Gasteiger partial charge in [-0.25, -0.2) is 13.1 Å². The topological polar surface area (TPSA) is 88.9 Å². The molecular weight excluding hydrogens is 310 g/mol. The number of nitrogens with zero attached hydrogens (tertiary/aromatic N) is 3. The molecule has 0 amide bonds. The second-order valence-corrected chi connectivity index (χ2v) is 7.38. The van der Waals surface area contributed by atoms with Gasteiger partial charge in [-0.2, -0.15) is 0 Å². The fourth-order valence-electron chi connectivity index (χ4n) is 1.73. The minimum Gasteiger partial charge on any atom is -0.313 e. The van der Waals surface area contributed by atoms with Crippen molar-refractivity contribution in [1.29, 1.82) is 0 Å². The molecule has 0 unspecified atom stereocenters. The summed E-state index contributed by atoms with van der Waals surface area (Å²) in [6.07, 6.45) is 4.01. The number of hydrogen-bond donors (Lipinski definition) is 2. The van der Waals surface area contributed by atoms with Crippen molar-refractivity contribution in [2.75, 3.05) is 13.1 Å². The molecule has 0 saturated heterocycles. The van der Waals surface area contributed by atoms with Crippen LogP contribution in [0.3, 0.4) is 0 Å². The van der Waals surface area contributed by atoms with Gasteiger partial charge < -0.3 is 5.32 Å². The number of rotatable bonds is 9. The predicted octanol–water partition coefficient (Wildman–Crippen LogP) is 0.818. The van der Waals surface area contributed by atoms with Gasteiger partial charge in [0.15, 0.2) is 0 Å². The van der Waals surface area contributed by atoms with Gasteiger partial charge in [-0.15, -0.1) is 16.4 Å². The van der Waals surface area contributed by atoms with Crippen LogP contribution in [0.25, 0.3) is 0 Å². The highest BCUT2D eigenvalue weighted by Gasteiger charge is 2.15. The van der Waals surface area contributed by atoms with Crippen LogP contribution in [0.15, 0.2) is 28.0 Å². The van der Waals surface area contributed by atoms with Gasteiger partial charge in [-0.3, -0.25) is 4.68 Å². The lowest BCUT2D eigenvalue weighted by atomic mass is 10.3. The van der Waals surface area contributed by atoms with Gasteiger partial charge in [0.05, 0.1) is 6.20 Å². The molecule has 9 heteroatoms. The molecule has 0 atom stereocenters.